The Morgan fingerprint density at radius 1 is 0.952 bits per heavy atom. The van der Waals surface area contributed by atoms with Gasteiger partial charge in [0, 0.05) is 0 Å². The first-order valence-corrected chi connectivity index (χ1v) is 8.18. The van der Waals surface area contributed by atoms with Crippen LogP contribution in [0.15, 0.2) is 17.0 Å². The largest absolute Gasteiger partial charge is 0.492 e. The van der Waals surface area contributed by atoms with Gasteiger partial charge in [0.25, 0.3) is 0 Å². The normalized spacial score (nSPS) is 15.2. The smallest absolute Gasteiger partial charge is 0.316 e. The Morgan fingerprint density at radius 2 is 1.52 bits per heavy atom. The van der Waals surface area contributed by atoms with Gasteiger partial charge in [-0.25, -0.2) is 4.39 Å². The zero-order valence-corrected chi connectivity index (χ0v) is 12.3. The van der Waals surface area contributed by atoms with Gasteiger partial charge in [0.05, 0.1) is 13.2 Å². The van der Waals surface area contributed by atoms with Crippen LogP contribution in [0.25, 0.3) is 0 Å². The molecule has 0 aliphatic heterocycles. The lowest BCUT2D eigenvalue weighted by atomic mass is 10.3. The summed E-state index contributed by atoms with van der Waals surface area (Å²) in [6.45, 7) is 2.76. The SMILES string of the molecule is CCCCOc1ccc(OCC)c(F)c1S(F)(F)(F)(F)F. The van der Waals surface area contributed by atoms with Crippen LogP contribution < -0.4 is 9.47 Å². The molecule has 0 atom stereocenters. The molecule has 0 radical (unpaired) electrons. The van der Waals surface area contributed by atoms with Crippen LogP contribution in [0.5, 0.6) is 11.5 Å². The summed E-state index contributed by atoms with van der Waals surface area (Å²) >= 11 is 0. The highest BCUT2D eigenvalue weighted by molar-refractivity contribution is 8.45. The first-order chi connectivity index (χ1) is 9.40. The zero-order chi connectivity index (χ0) is 16.4. The number of hydrogen-bond acceptors (Lipinski definition) is 2. The maximum absolute atomic E-state index is 13.8. The van der Waals surface area contributed by atoms with Gasteiger partial charge in [-0.3, -0.25) is 0 Å². The predicted octanol–water partition coefficient (Wildman–Crippen LogP) is 6.06. The van der Waals surface area contributed by atoms with E-state index in [1.807, 2.05) is 0 Å². The molecule has 1 aromatic carbocycles. The molecule has 0 aliphatic carbocycles. The van der Waals surface area contributed by atoms with Gasteiger partial charge >= 0.3 is 10.2 Å². The van der Waals surface area contributed by atoms with Gasteiger partial charge in [-0.2, -0.15) is 0 Å². The molecule has 0 N–H and O–H groups in total. The van der Waals surface area contributed by atoms with E-state index in [4.69, 9.17) is 0 Å². The fourth-order valence-corrected chi connectivity index (χ4v) is 2.53. The van der Waals surface area contributed by atoms with Crippen LogP contribution >= 0.6 is 10.2 Å². The second-order valence-corrected chi connectivity index (χ2v) is 6.66. The first-order valence-electron chi connectivity index (χ1n) is 6.23. The van der Waals surface area contributed by atoms with Crippen molar-refractivity contribution in [3.05, 3.63) is 17.9 Å². The van der Waals surface area contributed by atoms with Crippen LogP contribution in [0.4, 0.5) is 23.8 Å². The molecule has 0 aliphatic rings. The van der Waals surface area contributed by atoms with E-state index in [2.05, 4.69) is 9.47 Å². The molecule has 0 unspecified atom stereocenters. The standard InChI is InChI=1S/C12H16F6O2S/c1-3-5-8-20-10-7-6-9(19-4-2)11(13)12(10)21(14,15,16,17)18/h6-7H,3-5,8H2,1-2H3. The van der Waals surface area contributed by atoms with Gasteiger partial charge in [-0.15, -0.1) is 0 Å². The highest BCUT2D eigenvalue weighted by Gasteiger charge is 2.69. The van der Waals surface area contributed by atoms with Crippen molar-refractivity contribution < 1.29 is 33.3 Å². The highest BCUT2D eigenvalue weighted by Crippen LogP contribution is 3.03. The van der Waals surface area contributed by atoms with Gasteiger partial charge in [0.1, 0.15) is 5.75 Å². The van der Waals surface area contributed by atoms with Crippen LogP contribution in [0.3, 0.4) is 0 Å². The third kappa shape index (κ3) is 4.62. The summed E-state index contributed by atoms with van der Waals surface area (Å²) in [6.07, 6.45) is 0.944. The summed E-state index contributed by atoms with van der Waals surface area (Å²) in [6, 6.07) is 1.49. The quantitative estimate of drug-likeness (QED) is 0.444. The average molecular weight is 338 g/mol. The maximum Gasteiger partial charge on any atom is 0.316 e. The van der Waals surface area contributed by atoms with Gasteiger partial charge in [-0.1, -0.05) is 32.8 Å². The Bertz CT molecular complexity index is 514. The number of hydrogen-bond donors (Lipinski definition) is 0. The van der Waals surface area contributed by atoms with Crippen molar-refractivity contribution in [2.45, 2.75) is 31.6 Å². The van der Waals surface area contributed by atoms with Crippen LogP contribution in [0.2, 0.25) is 0 Å². The molecule has 0 heterocycles. The number of benzene rings is 1. The van der Waals surface area contributed by atoms with Gasteiger partial charge in [0.15, 0.2) is 16.5 Å². The molecule has 2 nitrogen and oxygen atoms in total. The number of ether oxygens (including phenoxy) is 2. The van der Waals surface area contributed by atoms with E-state index >= 15 is 0 Å². The van der Waals surface area contributed by atoms with Crippen LogP contribution in [-0.2, 0) is 0 Å². The van der Waals surface area contributed by atoms with E-state index in [1.54, 1.807) is 6.92 Å². The Balaban J connectivity index is 3.43. The molecule has 1 aromatic rings. The van der Waals surface area contributed by atoms with Gasteiger partial charge < -0.3 is 9.47 Å². The second kappa shape index (κ2) is 5.19. The minimum atomic E-state index is -10.2. The summed E-state index contributed by atoms with van der Waals surface area (Å²) in [5.41, 5.74) is 0. The molecule has 1 rings (SSSR count). The van der Waals surface area contributed by atoms with E-state index in [9.17, 15) is 23.8 Å². The summed E-state index contributed by atoms with van der Waals surface area (Å²) in [5.74, 6) is -4.25. The molecule has 0 amide bonds. The monoisotopic (exact) mass is 338 g/mol. The van der Waals surface area contributed by atoms with Crippen molar-refractivity contribution >= 4 is 10.2 Å². The Labute approximate surface area is 118 Å². The second-order valence-electron chi connectivity index (χ2n) is 4.31. The van der Waals surface area contributed by atoms with E-state index in [1.165, 1.54) is 6.92 Å². The van der Waals surface area contributed by atoms with Crippen molar-refractivity contribution in [2.75, 3.05) is 13.2 Å². The molecular weight excluding hydrogens is 322 g/mol. The topological polar surface area (TPSA) is 18.5 Å². The van der Waals surface area contributed by atoms with Crippen molar-refractivity contribution in [1.29, 1.82) is 0 Å². The number of rotatable bonds is 7. The van der Waals surface area contributed by atoms with E-state index in [0.717, 1.165) is 6.07 Å². The van der Waals surface area contributed by atoms with Crippen molar-refractivity contribution in [1.82, 2.24) is 0 Å². The molecule has 0 saturated carbocycles. The Morgan fingerprint density at radius 3 is 2.00 bits per heavy atom. The Hall–Kier alpha value is -1.25. The minimum Gasteiger partial charge on any atom is -0.492 e. The number of unbranched alkanes of at least 4 members (excludes halogenated alkanes) is 1. The average Bonchev–Trinajstić information content (AvgIpc) is 2.29. The molecule has 0 fully saturated rings. The zero-order valence-electron chi connectivity index (χ0n) is 11.5. The minimum absolute atomic E-state index is 0.160. The van der Waals surface area contributed by atoms with Gasteiger partial charge in [-0.05, 0) is 25.5 Å². The molecule has 0 bridgehead atoms. The molecule has 124 valence electrons. The molecule has 9 heteroatoms. The van der Waals surface area contributed by atoms with Crippen molar-refractivity contribution in [3.63, 3.8) is 0 Å². The molecule has 21 heavy (non-hydrogen) atoms. The Kier molecular flexibility index (Phi) is 4.40. The van der Waals surface area contributed by atoms with Crippen LogP contribution in [0, 0.1) is 5.82 Å². The van der Waals surface area contributed by atoms with Crippen LogP contribution in [-0.4, -0.2) is 13.2 Å². The highest BCUT2D eigenvalue weighted by atomic mass is 32.5. The summed E-state index contributed by atoms with van der Waals surface area (Å²) in [5, 5.41) is 0. The molecule has 0 aromatic heterocycles. The lowest BCUT2D eigenvalue weighted by molar-refractivity contribution is 0.274. The van der Waals surface area contributed by atoms with Crippen molar-refractivity contribution in [3.8, 4) is 11.5 Å². The maximum atomic E-state index is 13.8. The fraction of sp³-hybridized carbons (Fsp3) is 0.500. The lowest BCUT2D eigenvalue weighted by Gasteiger charge is -2.41. The molecule has 0 saturated heterocycles. The summed E-state index contributed by atoms with van der Waals surface area (Å²) in [7, 11) is -10.2. The molecule has 0 spiro atoms. The van der Waals surface area contributed by atoms with E-state index in [0.29, 0.717) is 18.9 Å². The fourth-order valence-electron chi connectivity index (χ4n) is 1.59. The van der Waals surface area contributed by atoms with Crippen LogP contribution in [0.1, 0.15) is 26.7 Å². The van der Waals surface area contributed by atoms with E-state index in [-0.39, 0.29) is 13.2 Å². The predicted molar refractivity (Wildman–Crippen MR) is 69.4 cm³/mol. The molecular formula is C12H16F6O2S. The summed E-state index contributed by atoms with van der Waals surface area (Å²) in [4.78, 5) is -2.66. The third-order valence-corrected chi connectivity index (χ3v) is 3.62. The van der Waals surface area contributed by atoms with E-state index < -0.39 is 32.4 Å². The third-order valence-electron chi connectivity index (χ3n) is 2.47. The van der Waals surface area contributed by atoms with Gasteiger partial charge in [0.2, 0.25) is 0 Å². The first kappa shape index (κ1) is 17.8. The lowest BCUT2D eigenvalue weighted by Crippen LogP contribution is -2.13. The number of halogens is 6. The van der Waals surface area contributed by atoms with Crippen molar-refractivity contribution in [2.24, 2.45) is 0 Å². The summed E-state index contributed by atoms with van der Waals surface area (Å²) < 4.78 is 88.2.